The first-order chi connectivity index (χ1) is 11.8. The Morgan fingerprint density at radius 3 is 2.04 bits per heavy atom. The highest BCUT2D eigenvalue weighted by Gasteiger charge is 2.16. The molecule has 0 atom stereocenters. The molecule has 3 nitrogen and oxygen atoms in total. The predicted octanol–water partition coefficient (Wildman–Crippen LogP) is 3.92. The van der Waals surface area contributed by atoms with Crippen molar-refractivity contribution in [2.45, 2.75) is 18.9 Å². The number of hydrogen-bond donors (Lipinski definition) is 1. The van der Waals surface area contributed by atoms with Gasteiger partial charge in [-0.05, 0) is 29.2 Å². The van der Waals surface area contributed by atoms with Gasteiger partial charge >= 0.3 is 0 Å². The predicted molar refractivity (Wildman–Crippen MR) is 95.4 cm³/mol. The molecule has 0 bridgehead atoms. The Morgan fingerprint density at radius 2 is 1.50 bits per heavy atom. The second-order valence-corrected chi connectivity index (χ2v) is 5.68. The van der Waals surface area contributed by atoms with Crippen LogP contribution in [0.3, 0.4) is 0 Å². The normalized spacial score (nSPS) is 10.5. The monoisotopic (exact) mass is 316 g/mol. The summed E-state index contributed by atoms with van der Waals surface area (Å²) in [5, 5.41) is 3.16. The minimum Gasteiger partial charge on any atom is -0.345 e. The van der Waals surface area contributed by atoms with Crippen molar-refractivity contribution in [1.82, 2.24) is 10.3 Å². The van der Waals surface area contributed by atoms with E-state index in [0.717, 1.165) is 16.7 Å². The van der Waals surface area contributed by atoms with Gasteiger partial charge in [-0.15, -0.1) is 0 Å². The summed E-state index contributed by atoms with van der Waals surface area (Å²) in [7, 11) is 0. The van der Waals surface area contributed by atoms with Gasteiger partial charge in [0, 0.05) is 18.8 Å². The van der Waals surface area contributed by atoms with E-state index in [1.807, 2.05) is 72.8 Å². The summed E-state index contributed by atoms with van der Waals surface area (Å²) in [6.07, 6.45) is 4.68. The standard InChI is InChI=1S/C21H20N2O/c24-20(14-13-17-8-7-15-22-16-17)23-21(18-9-3-1-4-10-18)19-11-5-2-6-12-19/h1-12,15-16,21H,13-14H2,(H,23,24). The molecule has 0 saturated carbocycles. The molecule has 0 radical (unpaired) electrons. The van der Waals surface area contributed by atoms with Gasteiger partial charge in [0.2, 0.25) is 5.91 Å². The first-order valence-electron chi connectivity index (χ1n) is 8.11. The van der Waals surface area contributed by atoms with Crippen LogP contribution in [0.4, 0.5) is 0 Å². The van der Waals surface area contributed by atoms with Crippen molar-refractivity contribution in [2.75, 3.05) is 0 Å². The fraction of sp³-hybridized carbons (Fsp3) is 0.143. The number of hydrogen-bond acceptors (Lipinski definition) is 2. The van der Waals surface area contributed by atoms with E-state index < -0.39 is 0 Å². The third-order valence-corrected chi connectivity index (χ3v) is 3.93. The molecule has 3 aromatic rings. The maximum atomic E-state index is 12.4. The number of nitrogens with one attached hydrogen (secondary N) is 1. The van der Waals surface area contributed by atoms with Gasteiger partial charge in [-0.2, -0.15) is 0 Å². The van der Waals surface area contributed by atoms with E-state index >= 15 is 0 Å². The van der Waals surface area contributed by atoms with Crippen molar-refractivity contribution in [2.24, 2.45) is 0 Å². The molecule has 24 heavy (non-hydrogen) atoms. The van der Waals surface area contributed by atoms with Crippen LogP contribution >= 0.6 is 0 Å². The van der Waals surface area contributed by atoms with Crippen LogP contribution in [0, 0.1) is 0 Å². The molecule has 1 N–H and O–H groups in total. The number of pyridine rings is 1. The van der Waals surface area contributed by atoms with E-state index in [1.165, 1.54) is 0 Å². The smallest absolute Gasteiger partial charge is 0.221 e. The number of carbonyl (C=O) groups is 1. The second kappa shape index (κ2) is 8.06. The Morgan fingerprint density at radius 1 is 0.875 bits per heavy atom. The van der Waals surface area contributed by atoms with E-state index in [2.05, 4.69) is 10.3 Å². The van der Waals surface area contributed by atoms with Crippen molar-refractivity contribution < 1.29 is 4.79 Å². The van der Waals surface area contributed by atoms with Crippen LogP contribution in [-0.4, -0.2) is 10.9 Å². The highest BCUT2D eigenvalue weighted by Crippen LogP contribution is 2.21. The van der Waals surface area contributed by atoms with Crippen LogP contribution in [-0.2, 0) is 11.2 Å². The molecule has 0 unspecified atom stereocenters. The lowest BCUT2D eigenvalue weighted by Crippen LogP contribution is -2.29. The molecule has 3 rings (SSSR count). The van der Waals surface area contributed by atoms with Gasteiger partial charge < -0.3 is 5.32 Å². The molecule has 3 heteroatoms. The van der Waals surface area contributed by atoms with Crippen LogP contribution in [0.5, 0.6) is 0 Å². The van der Waals surface area contributed by atoms with Crippen LogP contribution in [0.15, 0.2) is 85.2 Å². The number of aryl methyl sites for hydroxylation is 1. The Balaban J connectivity index is 1.71. The summed E-state index contributed by atoms with van der Waals surface area (Å²) in [5.74, 6) is 0.0385. The molecule has 1 heterocycles. The molecule has 0 spiro atoms. The largest absolute Gasteiger partial charge is 0.345 e. The van der Waals surface area contributed by atoms with Gasteiger partial charge in [0.05, 0.1) is 6.04 Å². The Labute approximate surface area is 142 Å². The quantitative estimate of drug-likeness (QED) is 0.749. The van der Waals surface area contributed by atoms with Crippen molar-refractivity contribution in [3.8, 4) is 0 Å². The molecule has 1 amide bonds. The first-order valence-corrected chi connectivity index (χ1v) is 8.11. The Bertz CT molecular complexity index is 718. The lowest BCUT2D eigenvalue weighted by molar-refractivity contribution is -0.121. The molecule has 120 valence electrons. The van der Waals surface area contributed by atoms with Crippen molar-refractivity contribution in [3.63, 3.8) is 0 Å². The third kappa shape index (κ3) is 4.29. The van der Waals surface area contributed by atoms with E-state index in [1.54, 1.807) is 12.4 Å². The zero-order valence-corrected chi connectivity index (χ0v) is 13.4. The highest BCUT2D eigenvalue weighted by molar-refractivity contribution is 5.77. The minimum absolute atomic E-state index is 0.0385. The molecular weight excluding hydrogens is 296 g/mol. The number of aromatic nitrogens is 1. The summed E-state index contributed by atoms with van der Waals surface area (Å²) in [5.41, 5.74) is 3.24. The topological polar surface area (TPSA) is 42.0 Å². The third-order valence-electron chi connectivity index (χ3n) is 3.93. The maximum Gasteiger partial charge on any atom is 0.221 e. The van der Waals surface area contributed by atoms with Crippen molar-refractivity contribution in [1.29, 1.82) is 0 Å². The van der Waals surface area contributed by atoms with Crippen LogP contribution in [0.1, 0.15) is 29.2 Å². The fourth-order valence-corrected chi connectivity index (χ4v) is 2.69. The van der Waals surface area contributed by atoms with Gasteiger partial charge in [-0.25, -0.2) is 0 Å². The number of benzene rings is 2. The Kier molecular flexibility index (Phi) is 5.36. The van der Waals surface area contributed by atoms with Gasteiger partial charge in [-0.1, -0.05) is 66.7 Å². The summed E-state index contributed by atoms with van der Waals surface area (Å²) in [4.78, 5) is 16.5. The lowest BCUT2D eigenvalue weighted by Gasteiger charge is -2.20. The van der Waals surface area contributed by atoms with E-state index in [9.17, 15) is 4.79 Å². The highest BCUT2D eigenvalue weighted by atomic mass is 16.1. The van der Waals surface area contributed by atoms with E-state index in [4.69, 9.17) is 0 Å². The van der Waals surface area contributed by atoms with Crippen molar-refractivity contribution in [3.05, 3.63) is 102 Å². The minimum atomic E-state index is -0.131. The average Bonchev–Trinajstić information content (AvgIpc) is 2.67. The fourth-order valence-electron chi connectivity index (χ4n) is 2.69. The zero-order chi connectivity index (χ0) is 16.6. The molecule has 0 aliphatic heterocycles. The van der Waals surface area contributed by atoms with Gasteiger partial charge in [0.15, 0.2) is 0 Å². The van der Waals surface area contributed by atoms with Gasteiger partial charge in [0.1, 0.15) is 0 Å². The SMILES string of the molecule is O=C(CCc1cccnc1)NC(c1ccccc1)c1ccccc1. The molecule has 1 aromatic heterocycles. The van der Waals surface area contributed by atoms with Crippen LogP contribution in [0.2, 0.25) is 0 Å². The average molecular weight is 316 g/mol. The van der Waals surface area contributed by atoms with Gasteiger partial charge in [-0.3, -0.25) is 9.78 Å². The summed E-state index contributed by atoms with van der Waals surface area (Å²) in [6, 6.07) is 23.9. The summed E-state index contributed by atoms with van der Waals surface area (Å²) < 4.78 is 0. The van der Waals surface area contributed by atoms with Gasteiger partial charge in [0.25, 0.3) is 0 Å². The van der Waals surface area contributed by atoms with E-state index in [-0.39, 0.29) is 11.9 Å². The number of nitrogens with zero attached hydrogens (tertiary/aromatic N) is 1. The lowest BCUT2D eigenvalue weighted by atomic mass is 9.98. The summed E-state index contributed by atoms with van der Waals surface area (Å²) >= 11 is 0. The molecule has 2 aromatic carbocycles. The molecule has 0 saturated heterocycles. The first kappa shape index (κ1) is 15.9. The number of rotatable bonds is 6. The number of amides is 1. The second-order valence-electron chi connectivity index (χ2n) is 5.68. The van der Waals surface area contributed by atoms with Crippen LogP contribution in [0.25, 0.3) is 0 Å². The molecule has 0 aliphatic rings. The summed E-state index contributed by atoms with van der Waals surface area (Å²) in [6.45, 7) is 0. The van der Waals surface area contributed by atoms with Crippen LogP contribution < -0.4 is 5.32 Å². The van der Waals surface area contributed by atoms with Crippen molar-refractivity contribution >= 4 is 5.91 Å². The molecule has 0 fully saturated rings. The number of carbonyl (C=O) groups excluding carboxylic acids is 1. The maximum absolute atomic E-state index is 12.4. The van der Waals surface area contributed by atoms with E-state index in [0.29, 0.717) is 12.8 Å². The zero-order valence-electron chi connectivity index (χ0n) is 13.4. The molecular formula is C21H20N2O. The molecule has 0 aliphatic carbocycles. The Hall–Kier alpha value is -2.94.